The minimum Gasteiger partial charge on any atom is -0.384 e. The Balaban J connectivity index is 2.42. The number of nitrogens with two attached hydrogens (primary N) is 1. The molecule has 1 saturated heterocycles. The van der Waals surface area contributed by atoms with Crippen LogP contribution in [0.2, 0.25) is 0 Å². The number of ketones is 1. The predicted molar refractivity (Wildman–Crippen MR) is 71.3 cm³/mol. The van der Waals surface area contributed by atoms with Gasteiger partial charge in [-0.3, -0.25) is 23.6 Å². The van der Waals surface area contributed by atoms with E-state index in [0.29, 0.717) is 0 Å². The maximum atomic E-state index is 12.2. The number of nitrogens with zero attached hydrogens (tertiary/aromatic N) is 3. The second-order valence-electron chi connectivity index (χ2n) is 4.87. The summed E-state index contributed by atoms with van der Waals surface area (Å²) in [4.78, 5) is 37.9. The number of hydrogen-bond donors (Lipinski definition) is 1. The fourth-order valence-corrected chi connectivity index (χ4v) is 2.34. The molecule has 1 aromatic heterocycles. The van der Waals surface area contributed by atoms with Crippen LogP contribution in [0.5, 0.6) is 0 Å². The third-order valence-corrected chi connectivity index (χ3v) is 3.55. The van der Waals surface area contributed by atoms with Gasteiger partial charge in [-0.25, -0.2) is 4.79 Å². The molecule has 0 spiro atoms. The Morgan fingerprint density at radius 1 is 1.16 bits per heavy atom. The van der Waals surface area contributed by atoms with Gasteiger partial charge in [0, 0.05) is 14.1 Å². The van der Waals surface area contributed by atoms with Crippen LogP contribution < -0.4 is 17.0 Å². The van der Waals surface area contributed by atoms with Crippen LogP contribution in [0.1, 0.15) is 23.2 Å². The van der Waals surface area contributed by atoms with Crippen molar-refractivity contribution < 1.29 is 4.79 Å². The summed E-state index contributed by atoms with van der Waals surface area (Å²) in [6.07, 6.45) is 2.13. The van der Waals surface area contributed by atoms with E-state index >= 15 is 0 Å². The maximum absolute atomic E-state index is 12.2. The molecule has 104 valence electrons. The first-order valence-electron chi connectivity index (χ1n) is 6.24. The molecule has 0 radical (unpaired) electrons. The molecule has 1 aliphatic rings. The first-order valence-corrected chi connectivity index (χ1v) is 6.24. The van der Waals surface area contributed by atoms with Crippen molar-refractivity contribution in [1.82, 2.24) is 14.0 Å². The van der Waals surface area contributed by atoms with Gasteiger partial charge in [0.1, 0.15) is 11.4 Å². The van der Waals surface area contributed by atoms with E-state index in [9.17, 15) is 14.4 Å². The summed E-state index contributed by atoms with van der Waals surface area (Å²) in [5.74, 6) is -0.382. The predicted octanol–water partition coefficient (Wildman–Crippen LogP) is -1.06. The Kier molecular flexibility index (Phi) is 3.57. The monoisotopic (exact) mass is 266 g/mol. The fourth-order valence-electron chi connectivity index (χ4n) is 2.34. The van der Waals surface area contributed by atoms with Crippen molar-refractivity contribution in [3.05, 3.63) is 26.4 Å². The summed E-state index contributed by atoms with van der Waals surface area (Å²) in [5.41, 5.74) is 4.50. The van der Waals surface area contributed by atoms with Gasteiger partial charge in [0.15, 0.2) is 5.78 Å². The van der Waals surface area contributed by atoms with Crippen molar-refractivity contribution in [3.63, 3.8) is 0 Å². The van der Waals surface area contributed by atoms with Crippen molar-refractivity contribution >= 4 is 11.6 Å². The van der Waals surface area contributed by atoms with Gasteiger partial charge in [0.2, 0.25) is 0 Å². The molecule has 0 aromatic carbocycles. The number of rotatable bonds is 3. The van der Waals surface area contributed by atoms with Gasteiger partial charge < -0.3 is 5.73 Å². The topological polar surface area (TPSA) is 90.3 Å². The number of aromatic nitrogens is 2. The summed E-state index contributed by atoms with van der Waals surface area (Å²) in [7, 11) is 2.79. The van der Waals surface area contributed by atoms with Gasteiger partial charge in [-0.1, -0.05) is 0 Å². The van der Waals surface area contributed by atoms with E-state index in [1.165, 1.54) is 14.1 Å². The largest absolute Gasteiger partial charge is 0.384 e. The molecule has 7 nitrogen and oxygen atoms in total. The molecule has 2 rings (SSSR count). The highest BCUT2D eigenvalue weighted by molar-refractivity contribution is 6.01. The summed E-state index contributed by atoms with van der Waals surface area (Å²) in [6.45, 7) is 1.90. The van der Waals surface area contributed by atoms with Crippen LogP contribution in [0.4, 0.5) is 5.82 Å². The molecule has 0 saturated carbocycles. The number of likely N-dealkylation sites (tertiary alicyclic amines) is 1. The highest BCUT2D eigenvalue weighted by Crippen LogP contribution is 2.10. The van der Waals surface area contributed by atoms with Crippen LogP contribution in [0.3, 0.4) is 0 Å². The molecular weight excluding hydrogens is 248 g/mol. The second kappa shape index (κ2) is 5.00. The Morgan fingerprint density at radius 2 is 1.74 bits per heavy atom. The average molecular weight is 266 g/mol. The van der Waals surface area contributed by atoms with E-state index in [-0.39, 0.29) is 23.7 Å². The summed E-state index contributed by atoms with van der Waals surface area (Å²) in [5, 5.41) is 0. The summed E-state index contributed by atoms with van der Waals surface area (Å²) in [6, 6.07) is 0. The standard InChI is InChI=1S/C12H18N4O3/c1-14-10(13)9(11(18)15(2)12(14)19)8(17)7-16-5-3-4-6-16/h3-7,13H2,1-2H3. The van der Waals surface area contributed by atoms with Crippen LogP contribution in [-0.2, 0) is 14.1 Å². The van der Waals surface area contributed by atoms with Gasteiger partial charge in [0.25, 0.3) is 5.56 Å². The van der Waals surface area contributed by atoms with Crippen LogP contribution >= 0.6 is 0 Å². The van der Waals surface area contributed by atoms with E-state index in [4.69, 9.17) is 5.73 Å². The Hall–Kier alpha value is -1.89. The molecule has 0 unspecified atom stereocenters. The van der Waals surface area contributed by atoms with Crippen molar-refractivity contribution in [2.24, 2.45) is 14.1 Å². The first-order chi connectivity index (χ1) is 8.93. The number of carbonyl (C=O) groups is 1. The molecule has 1 fully saturated rings. The number of carbonyl (C=O) groups excluding carboxylic acids is 1. The van der Waals surface area contributed by atoms with Crippen molar-refractivity contribution in [3.8, 4) is 0 Å². The van der Waals surface area contributed by atoms with Gasteiger partial charge in [-0.15, -0.1) is 0 Å². The molecule has 0 atom stereocenters. The molecular formula is C12H18N4O3. The lowest BCUT2D eigenvalue weighted by Gasteiger charge is -2.15. The van der Waals surface area contributed by atoms with E-state index in [2.05, 4.69) is 0 Å². The van der Waals surface area contributed by atoms with Crippen LogP contribution in [0.15, 0.2) is 9.59 Å². The third-order valence-electron chi connectivity index (χ3n) is 3.55. The van der Waals surface area contributed by atoms with Gasteiger partial charge in [-0.05, 0) is 25.9 Å². The third kappa shape index (κ3) is 2.33. The lowest BCUT2D eigenvalue weighted by atomic mass is 10.2. The zero-order valence-electron chi connectivity index (χ0n) is 11.2. The van der Waals surface area contributed by atoms with Gasteiger partial charge >= 0.3 is 5.69 Å². The molecule has 0 aliphatic carbocycles. The van der Waals surface area contributed by atoms with E-state index < -0.39 is 11.2 Å². The lowest BCUT2D eigenvalue weighted by molar-refractivity contribution is 0.0943. The first kappa shape index (κ1) is 13.5. The minimum absolute atomic E-state index is 0.0581. The van der Waals surface area contributed by atoms with Crippen molar-refractivity contribution in [2.45, 2.75) is 12.8 Å². The molecule has 0 bridgehead atoms. The van der Waals surface area contributed by atoms with Crippen LogP contribution in [0, 0.1) is 0 Å². The zero-order chi connectivity index (χ0) is 14.2. The highest BCUT2D eigenvalue weighted by atomic mass is 16.2. The Bertz CT molecular complexity index is 623. The van der Waals surface area contributed by atoms with Gasteiger partial charge in [-0.2, -0.15) is 0 Å². The molecule has 2 heterocycles. The Labute approximate surface area is 110 Å². The average Bonchev–Trinajstić information content (AvgIpc) is 2.87. The fraction of sp³-hybridized carbons (Fsp3) is 0.583. The number of anilines is 1. The summed E-state index contributed by atoms with van der Waals surface area (Å²) >= 11 is 0. The number of Topliss-reactive ketones (excluding diaryl/α,β-unsaturated/α-hetero) is 1. The van der Waals surface area contributed by atoms with Crippen LogP contribution in [-0.4, -0.2) is 39.5 Å². The smallest absolute Gasteiger partial charge is 0.332 e. The quantitative estimate of drug-likeness (QED) is 0.705. The zero-order valence-corrected chi connectivity index (χ0v) is 11.2. The van der Waals surface area contributed by atoms with Crippen molar-refractivity contribution in [1.29, 1.82) is 0 Å². The number of hydrogen-bond acceptors (Lipinski definition) is 5. The van der Waals surface area contributed by atoms with E-state index in [0.717, 1.165) is 35.1 Å². The molecule has 2 N–H and O–H groups in total. The molecule has 0 amide bonds. The Morgan fingerprint density at radius 3 is 2.32 bits per heavy atom. The molecule has 1 aliphatic heterocycles. The van der Waals surface area contributed by atoms with Gasteiger partial charge in [0.05, 0.1) is 6.54 Å². The summed E-state index contributed by atoms with van der Waals surface area (Å²) < 4.78 is 2.03. The SMILES string of the molecule is Cn1c(N)c(C(=O)CN2CCCC2)c(=O)n(C)c1=O. The minimum atomic E-state index is -0.621. The normalized spacial score (nSPS) is 15.9. The molecule has 1 aromatic rings. The van der Waals surface area contributed by atoms with Crippen molar-refractivity contribution in [2.75, 3.05) is 25.4 Å². The highest BCUT2D eigenvalue weighted by Gasteiger charge is 2.23. The lowest BCUT2D eigenvalue weighted by Crippen LogP contribution is -2.43. The van der Waals surface area contributed by atoms with Crippen LogP contribution in [0.25, 0.3) is 0 Å². The maximum Gasteiger partial charge on any atom is 0.332 e. The van der Waals surface area contributed by atoms with E-state index in [1.54, 1.807) is 0 Å². The van der Waals surface area contributed by atoms with E-state index in [1.807, 2.05) is 4.90 Å². The molecule has 7 heteroatoms. The second-order valence-corrected chi connectivity index (χ2v) is 4.87. The molecule has 19 heavy (non-hydrogen) atoms. The number of nitrogen functional groups attached to an aromatic ring is 1.